The van der Waals surface area contributed by atoms with E-state index >= 15 is 0 Å². The van der Waals surface area contributed by atoms with Crippen LogP contribution in [0.1, 0.15) is 11.3 Å². The van der Waals surface area contributed by atoms with E-state index in [2.05, 4.69) is 20.9 Å². The predicted molar refractivity (Wildman–Crippen MR) is 73.5 cm³/mol. The number of benzene rings is 1. The Labute approximate surface area is 117 Å². The monoisotopic (exact) mass is 317 g/mol. The molecule has 0 atom stereocenters. The van der Waals surface area contributed by atoms with Crippen LogP contribution >= 0.6 is 15.9 Å². The summed E-state index contributed by atoms with van der Waals surface area (Å²) in [5.74, 6) is 0.147. The van der Waals surface area contributed by atoms with E-state index in [-0.39, 0.29) is 11.6 Å². The standard InChI is InChI=1S/C14H8BrNO3/c15-10-4-1-3-9(7-10)8-11-14(17)19-13(16-11)12-5-2-6-18-12/h1-8H. The van der Waals surface area contributed by atoms with Gasteiger partial charge in [-0.15, -0.1) is 0 Å². The van der Waals surface area contributed by atoms with Crippen molar-refractivity contribution < 1.29 is 13.9 Å². The quantitative estimate of drug-likeness (QED) is 0.630. The smallest absolute Gasteiger partial charge is 0.363 e. The maximum absolute atomic E-state index is 11.7. The number of nitrogens with zero attached hydrogens (tertiary/aromatic N) is 1. The van der Waals surface area contributed by atoms with Crippen molar-refractivity contribution in [1.29, 1.82) is 0 Å². The van der Waals surface area contributed by atoms with Crippen LogP contribution in [0.25, 0.3) is 6.08 Å². The molecular weight excluding hydrogens is 310 g/mol. The van der Waals surface area contributed by atoms with Gasteiger partial charge < -0.3 is 9.15 Å². The number of esters is 1. The minimum atomic E-state index is -0.480. The lowest BCUT2D eigenvalue weighted by Gasteiger charge is -1.94. The summed E-state index contributed by atoms with van der Waals surface area (Å²) in [6.45, 7) is 0. The van der Waals surface area contributed by atoms with Crippen molar-refractivity contribution >= 4 is 33.9 Å². The maximum Gasteiger partial charge on any atom is 0.363 e. The fraction of sp³-hybridized carbons (Fsp3) is 0. The average Bonchev–Trinajstić information content (AvgIpc) is 3.00. The summed E-state index contributed by atoms with van der Waals surface area (Å²) < 4.78 is 11.1. The summed E-state index contributed by atoms with van der Waals surface area (Å²) in [4.78, 5) is 15.8. The van der Waals surface area contributed by atoms with Crippen LogP contribution in [0.3, 0.4) is 0 Å². The Hall–Kier alpha value is -2.14. The Morgan fingerprint density at radius 3 is 2.84 bits per heavy atom. The molecule has 0 bridgehead atoms. The summed E-state index contributed by atoms with van der Waals surface area (Å²) in [6, 6.07) is 11.0. The van der Waals surface area contributed by atoms with Gasteiger partial charge >= 0.3 is 5.97 Å². The molecule has 19 heavy (non-hydrogen) atoms. The SMILES string of the molecule is O=C1OC(c2ccco2)=NC1=Cc1cccc(Br)c1. The highest BCUT2D eigenvalue weighted by atomic mass is 79.9. The third-order valence-electron chi connectivity index (χ3n) is 2.50. The highest BCUT2D eigenvalue weighted by molar-refractivity contribution is 9.10. The zero-order valence-corrected chi connectivity index (χ0v) is 11.3. The van der Waals surface area contributed by atoms with Gasteiger partial charge in [0.05, 0.1) is 6.26 Å². The van der Waals surface area contributed by atoms with E-state index in [0.717, 1.165) is 10.0 Å². The first kappa shape index (κ1) is 11.9. The molecule has 0 N–H and O–H groups in total. The Balaban J connectivity index is 1.95. The first-order valence-electron chi connectivity index (χ1n) is 5.54. The number of cyclic esters (lactones) is 1. The van der Waals surface area contributed by atoms with Gasteiger partial charge in [-0.2, -0.15) is 0 Å². The van der Waals surface area contributed by atoms with Crippen LogP contribution in [0.15, 0.2) is 62.2 Å². The fourth-order valence-corrected chi connectivity index (χ4v) is 2.09. The normalized spacial score (nSPS) is 16.6. The van der Waals surface area contributed by atoms with Crippen LogP contribution in [-0.4, -0.2) is 11.9 Å². The molecule has 0 saturated carbocycles. The van der Waals surface area contributed by atoms with Crippen LogP contribution < -0.4 is 0 Å². The molecule has 0 saturated heterocycles. The Morgan fingerprint density at radius 2 is 2.11 bits per heavy atom. The van der Waals surface area contributed by atoms with Crippen molar-refractivity contribution in [3.63, 3.8) is 0 Å². The van der Waals surface area contributed by atoms with E-state index in [4.69, 9.17) is 9.15 Å². The van der Waals surface area contributed by atoms with Gasteiger partial charge in [0.1, 0.15) is 0 Å². The molecule has 1 aromatic heterocycles. The largest absolute Gasteiger partial charge is 0.459 e. The van der Waals surface area contributed by atoms with Crippen LogP contribution in [0.4, 0.5) is 0 Å². The average molecular weight is 318 g/mol. The van der Waals surface area contributed by atoms with E-state index in [1.807, 2.05) is 24.3 Å². The molecule has 94 valence electrons. The molecule has 0 spiro atoms. The van der Waals surface area contributed by atoms with E-state index in [1.165, 1.54) is 6.26 Å². The summed E-state index contributed by atoms with van der Waals surface area (Å²) in [5.41, 5.74) is 1.12. The zero-order chi connectivity index (χ0) is 13.2. The molecule has 3 rings (SSSR count). The molecule has 0 amide bonds. The Morgan fingerprint density at radius 1 is 1.21 bits per heavy atom. The number of carbonyl (C=O) groups excluding carboxylic acids is 1. The number of halogens is 1. The molecule has 0 radical (unpaired) electrons. The maximum atomic E-state index is 11.7. The van der Waals surface area contributed by atoms with Gasteiger partial charge in [0.25, 0.3) is 5.90 Å². The van der Waals surface area contributed by atoms with Crippen LogP contribution in [-0.2, 0) is 9.53 Å². The van der Waals surface area contributed by atoms with Crippen molar-refractivity contribution in [2.75, 3.05) is 0 Å². The molecule has 0 aliphatic carbocycles. The highest BCUT2D eigenvalue weighted by Crippen LogP contribution is 2.20. The van der Waals surface area contributed by atoms with E-state index < -0.39 is 5.97 Å². The minimum Gasteiger partial charge on any atom is -0.459 e. The van der Waals surface area contributed by atoms with Gasteiger partial charge in [0.2, 0.25) is 0 Å². The van der Waals surface area contributed by atoms with Crippen molar-refractivity contribution in [1.82, 2.24) is 0 Å². The topological polar surface area (TPSA) is 51.8 Å². The van der Waals surface area contributed by atoms with Gasteiger partial charge in [-0.3, -0.25) is 0 Å². The zero-order valence-electron chi connectivity index (χ0n) is 9.67. The molecular formula is C14H8BrNO3. The molecule has 1 aliphatic heterocycles. The predicted octanol–water partition coefficient (Wildman–Crippen LogP) is 3.39. The summed E-state index contributed by atoms with van der Waals surface area (Å²) >= 11 is 3.37. The van der Waals surface area contributed by atoms with Gasteiger partial charge in [0.15, 0.2) is 11.5 Å². The molecule has 2 heterocycles. The second-order valence-corrected chi connectivity index (χ2v) is 4.78. The third-order valence-corrected chi connectivity index (χ3v) is 3.00. The van der Waals surface area contributed by atoms with E-state index in [9.17, 15) is 4.79 Å². The van der Waals surface area contributed by atoms with E-state index in [0.29, 0.717) is 5.76 Å². The number of hydrogen-bond acceptors (Lipinski definition) is 4. The van der Waals surface area contributed by atoms with Crippen molar-refractivity contribution in [3.05, 3.63) is 64.2 Å². The molecule has 0 fully saturated rings. The fourth-order valence-electron chi connectivity index (χ4n) is 1.67. The lowest BCUT2D eigenvalue weighted by molar-refractivity contribution is -0.130. The Bertz CT molecular complexity index is 686. The third kappa shape index (κ3) is 2.51. The molecule has 0 unspecified atom stereocenters. The van der Waals surface area contributed by atoms with E-state index in [1.54, 1.807) is 18.2 Å². The summed E-state index contributed by atoms with van der Waals surface area (Å²) in [6.07, 6.45) is 3.17. The lowest BCUT2D eigenvalue weighted by Crippen LogP contribution is -2.04. The second kappa shape index (κ2) is 4.85. The number of rotatable bonds is 2. The first-order chi connectivity index (χ1) is 9.22. The first-order valence-corrected chi connectivity index (χ1v) is 6.34. The van der Waals surface area contributed by atoms with Gasteiger partial charge in [-0.25, -0.2) is 9.79 Å². The van der Waals surface area contributed by atoms with Crippen molar-refractivity contribution in [3.8, 4) is 0 Å². The Kier molecular flexibility index (Phi) is 3.05. The highest BCUT2D eigenvalue weighted by Gasteiger charge is 2.25. The number of carbonyl (C=O) groups is 1. The summed E-state index contributed by atoms with van der Waals surface area (Å²) in [7, 11) is 0. The van der Waals surface area contributed by atoms with Crippen LogP contribution in [0, 0.1) is 0 Å². The second-order valence-electron chi connectivity index (χ2n) is 3.87. The molecule has 1 aliphatic rings. The summed E-state index contributed by atoms with van der Waals surface area (Å²) in [5, 5.41) is 0. The van der Waals surface area contributed by atoms with Gasteiger partial charge in [0, 0.05) is 4.47 Å². The number of furan rings is 1. The van der Waals surface area contributed by atoms with Gasteiger partial charge in [-0.1, -0.05) is 28.1 Å². The number of ether oxygens (including phenoxy) is 1. The van der Waals surface area contributed by atoms with Crippen molar-refractivity contribution in [2.45, 2.75) is 0 Å². The lowest BCUT2D eigenvalue weighted by atomic mass is 10.2. The number of aliphatic imine (C=N–C) groups is 1. The minimum absolute atomic E-state index is 0.191. The molecule has 2 aromatic rings. The molecule has 1 aromatic carbocycles. The molecule has 4 nitrogen and oxygen atoms in total. The molecule has 5 heteroatoms. The number of hydrogen-bond donors (Lipinski definition) is 0. The van der Waals surface area contributed by atoms with Crippen molar-refractivity contribution in [2.24, 2.45) is 4.99 Å². The van der Waals surface area contributed by atoms with Crippen LogP contribution in [0.2, 0.25) is 0 Å². The van der Waals surface area contributed by atoms with Gasteiger partial charge in [-0.05, 0) is 35.9 Å². The van der Waals surface area contributed by atoms with Crippen LogP contribution in [0.5, 0.6) is 0 Å².